The number of carbonyl (C=O) groups is 4. The van der Waals surface area contributed by atoms with Crippen molar-refractivity contribution in [3.63, 3.8) is 0 Å². The van der Waals surface area contributed by atoms with E-state index in [-0.39, 0.29) is 36.8 Å². The lowest BCUT2D eigenvalue weighted by Crippen LogP contribution is -2.58. The Hall–Kier alpha value is -2.93. The van der Waals surface area contributed by atoms with Crippen LogP contribution in [0.5, 0.6) is 0 Å². The van der Waals surface area contributed by atoms with E-state index >= 15 is 0 Å². The summed E-state index contributed by atoms with van der Waals surface area (Å²) in [6.45, 7) is 4.91. The van der Waals surface area contributed by atoms with Gasteiger partial charge in [0.15, 0.2) is 5.96 Å². The molecule has 1 heterocycles. The highest BCUT2D eigenvalue weighted by Crippen LogP contribution is 2.10. The Morgan fingerprint density at radius 3 is 2.23 bits per heavy atom. The molecule has 0 aromatic carbocycles. The van der Waals surface area contributed by atoms with E-state index in [2.05, 4.69) is 26.3 Å². The van der Waals surface area contributed by atoms with Gasteiger partial charge in [0.05, 0.1) is 6.04 Å². The molecule has 0 bridgehead atoms. The van der Waals surface area contributed by atoms with Crippen molar-refractivity contribution in [2.24, 2.45) is 28.1 Å². The van der Waals surface area contributed by atoms with Crippen molar-refractivity contribution in [3.05, 3.63) is 0 Å². The van der Waals surface area contributed by atoms with Crippen LogP contribution in [0.4, 0.5) is 0 Å². The number of carboxylic acid groups (broad SMARTS) is 1. The number of hydrogen-bond acceptors (Lipinski definition) is 7. The number of carbonyl (C=O) groups excluding carboxylic acids is 3. The van der Waals surface area contributed by atoms with E-state index in [1.54, 1.807) is 13.8 Å². The number of unbranched alkanes of at least 4 members (excludes halogenated alkanes) is 1. The first kappa shape index (κ1) is 30.1. The number of guanidine groups is 1. The topological polar surface area (TPSA) is 227 Å². The van der Waals surface area contributed by atoms with Crippen LogP contribution in [0.25, 0.3) is 0 Å². The molecule has 0 aromatic rings. The van der Waals surface area contributed by atoms with Crippen LogP contribution in [0.2, 0.25) is 0 Å². The van der Waals surface area contributed by atoms with Crippen LogP contribution in [0, 0.1) is 5.92 Å². The van der Waals surface area contributed by atoms with E-state index in [0.29, 0.717) is 38.6 Å². The molecule has 1 saturated heterocycles. The Balaban J connectivity index is 2.83. The van der Waals surface area contributed by atoms with Gasteiger partial charge >= 0.3 is 5.97 Å². The molecule has 1 aliphatic rings. The first-order chi connectivity index (χ1) is 16.6. The highest BCUT2D eigenvalue weighted by atomic mass is 16.4. The quantitative estimate of drug-likeness (QED) is 0.0675. The van der Waals surface area contributed by atoms with Crippen molar-refractivity contribution >= 4 is 29.7 Å². The van der Waals surface area contributed by atoms with Gasteiger partial charge in [-0.2, -0.15) is 0 Å². The maximum Gasteiger partial charge on any atom is 0.326 e. The van der Waals surface area contributed by atoms with Gasteiger partial charge in [0.1, 0.15) is 18.1 Å². The third-order valence-electron chi connectivity index (χ3n) is 5.76. The molecule has 0 aliphatic carbocycles. The van der Waals surface area contributed by atoms with Crippen LogP contribution in [-0.4, -0.2) is 78.6 Å². The molecule has 1 rings (SSSR count). The van der Waals surface area contributed by atoms with Crippen LogP contribution in [0.15, 0.2) is 4.99 Å². The molecule has 200 valence electrons. The fourth-order valence-corrected chi connectivity index (χ4v) is 3.75. The molecule has 35 heavy (non-hydrogen) atoms. The average molecular weight is 499 g/mol. The monoisotopic (exact) mass is 498 g/mol. The highest BCUT2D eigenvalue weighted by molar-refractivity contribution is 5.94. The molecule has 4 unspecified atom stereocenters. The van der Waals surface area contributed by atoms with Gasteiger partial charge in [0.2, 0.25) is 17.7 Å². The van der Waals surface area contributed by atoms with E-state index in [9.17, 15) is 24.3 Å². The van der Waals surface area contributed by atoms with E-state index < -0.39 is 35.9 Å². The predicted molar refractivity (Wildman–Crippen MR) is 132 cm³/mol. The van der Waals surface area contributed by atoms with Crippen molar-refractivity contribution < 1.29 is 24.3 Å². The SMILES string of the molecule is CC(C)C(NC(=O)C(CCCCN)NC(=O)C1CCCN1)C(=O)NC(CCCN=C(N)N)C(=O)O. The second-order valence-corrected chi connectivity index (χ2v) is 9.07. The number of nitrogens with two attached hydrogens (primary N) is 3. The van der Waals surface area contributed by atoms with Crippen LogP contribution >= 0.6 is 0 Å². The van der Waals surface area contributed by atoms with Crippen molar-refractivity contribution in [3.8, 4) is 0 Å². The average Bonchev–Trinajstić information content (AvgIpc) is 3.33. The summed E-state index contributed by atoms with van der Waals surface area (Å²) in [6.07, 6.45) is 3.73. The van der Waals surface area contributed by atoms with E-state index in [4.69, 9.17) is 17.2 Å². The van der Waals surface area contributed by atoms with Crippen molar-refractivity contribution in [2.75, 3.05) is 19.6 Å². The third kappa shape index (κ3) is 11.4. The number of aliphatic carboxylic acids is 1. The van der Waals surface area contributed by atoms with Crippen LogP contribution < -0.4 is 38.5 Å². The summed E-state index contributed by atoms with van der Waals surface area (Å²) in [6, 6.07) is -3.33. The largest absolute Gasteiger partial charge is 0.480 e. The Morgan fingerprint density at radius 2 is 1.69 bits per heavy atom. The molecule has 0 saturated carbocycles. The molecule has 0 radical (unpaired) electrons. The number of nitrogens with one attached hydrogen (secondary N) is 4. The zero-order chi connectivity index (χ0) is 26.4. The van der Waals surface area contributed by atoms with Gasteiger partial charge in [-0.25, -0.2) is 4.79 Å². The number of hydrogen-bond donors (Lipinski definition) is 8. The molecular weight excluding hydrogens is 456 g/mol. The van der Waals surface area contributed by atoms with E-state index in [1.165, 1.54) is 0 Å². The van der Waals surface area contributed by atoms with E-state index in [1.807, 2.05) is 0 Å². The second-order valence-electron chi connectivity index (χ2n) is 9.07. The molecule has 0 spiro atoms. The smallest absolute Gasteiger partial charge is 0.326 e. The Bertz CT molecular complexity index is 735. The highest BCUT2D eigenvalue weighted by Gasteiger charge is 2.32. The Morgan fingerprint density at radius 1 is 1.00 bits per heavy atom. The Kier molecular flexibility index (Phi) is 13.7. The molecule has 1 aliphatic heterocycles. The molecule has 3 amide bonds. The lowest BCUT2D eigenvalue weighted by atomic mass is 10.0. The van der Waals surface area contributed by atoms with Crippen molar-refractivity contribution in [1.82, 2.24) is 21.3 Å². The summed E-state index contributed by atoms with van der Waals surface area (Å²) in [5.41, 5.74) is 16.1. The number of rotatable bonds is 16. The minimum absolute atomic E-state index is 0.0969. The van der Waals surface area contributed by atoms with Crippen molar-refractivity contribution in [2.45, 2.75) is 83.0 Å². The first-order valence-corrected chi connectivity index (χ1v) is 12.2. The first-order valence-electron chi connectivity index (χ1n) is 12.2. The molecule has 13 heteroatoms. The van der Waals surface area contributed by atoms with Gasteiger partial charge in [-0.15, -0.1) is 0 Å². The molecule has 11 N–H and O–H groups in total. The lowest BCUT2D eigenvalue weighted by molar-refractivity contribution is -0.142. The van der Waals surface area contributed by atoms with Gasteiger partial charge in [0.25, 0.3) is 0 Å². The minimum Gasteiger partial charge on any atom is -0.480 e. The number of nitrogens with zero attached hydrogens (tertiary/aromatic N) is 1. The molecule has 0 aromatic heterocycles. The maximum absolute atomic E-state index is 13.1. The molecule has 4 atom stereocenters. The third-order valence-corrected chi connectivity index (χ3v) is 5.76. The molecule has 1 fully saturated rings. The summed E-state index contributed by atoms with van der Waals surface area (Å²) in [7, 11) is 0. The van der Waals surface area contributed by atoms with Gasteiger partial charge in [-0.05, 0) is 64.0 Å². The maximum atomic E-state index is 13.1. The fraction of sp³-hybridized carbons (Fsp3) is 0.773. The number of aliphatic imine (C=N–C) groups is 1. The second kappa shape index (κ2) is 15.9. The lowest BCUT2D eigenvalue weighted by Gasteiger charge is -2.27. The predicted octanol–water partition coefficient (Wildman–Crippen LogP) is -1.88. The standard InChI is InChI=1S/C22H42N8O5/c1-13(2)17(20(33)29-16(21(34)35)9-6-12-27-22(24)25)30-19(32)15(7-3-4-10-23)28-18(31)14-8-5-11-26-14/h13-17,26H,3-12,23H2,1-2H3,(H,28,31)(H,29,33)(H,30,32)(H,34,35)(H4,24,25,27). The van der Waals surface area contributed by atoms with Crippen LogP contribution in [0.3, 0.4) is 0 Å². The number of amides is 3. The zero-order valence-electron chi connectivity index (χ0n) is 20.7. The summed E-state index contributed by atoms with van der Waals surface area (Å²) in [4.78, 5) is 54.0. The van der Waals surface area contributed by atoms with Crippen LogP contribution in [-0.2, 0) is 19.2 Å². The molecular formula is C22H42N8O5. The Labute approximate surface area is 206 Å². The summed E-state index contributed by atoms with van der Waals surface area (Å²) in [5, 5.41) is 20.6. The number of carboxylic acids is 1. The summed E-state index contributed by atoms with van der Waals surface area (Å²) in [5.74, 6) is -3.00. The zero-order valence-corrected chi connectivity index (χ0v) is 20.7. The summed E-state index contributed by atoms with van der Waals surface area (Å²) >= 11 is 0. The van der Waals surface area contributed by atoms with Gasteiger partial charge in [-0.1, -0.05) is 13.8 Å². The van der Waals surface area contributed by atoms with Crippen LogP contribution in [0.1, 0.15) is 58.8 Å². The normalized spacial score (nSPS) is 17.8. The van der Waals surface area contributed by atoms with Gasteiger partial charge < -0.3 is 43.6 Å². The van der Waals surface area contributed by atoms with E-state index in [0.717, 1.165) is 13.0 Å². The van der Waals surface area contributed by atoms with Gasteiger partial charge in [-0.3, -0.25) is 19.4 Å². The van der Waals surface area contributed by atoms with Crippen molar-refractivity contribution in [1.29, 1.82) is 0 Å². The minimum atomic E-state index is -1.20. The summed E-state index contributed by atoms with van der Waals surface area (Å²) < 4.78 is 0. The molecule has 13 nitrogen and oxygen atoms in total. The van der Waals surface area contributed by atoms with Gasteiger partial charge in [0, 0.05) is 6.54 Å². The fourth-order valence-electron chi connectivity index (χ4n) is 3.75.